The largest absolute Gasteiger partial charge is 0.481 e. The Kier molecular flexibility index (Phi) is 8.07. The summed E-state index contributed by atoms with van der Waals surface area (Å²) in [6, 6.07) is 7.06. The summed E-state index contributed by atoms with van der Waals surface area (Å²) < 4.78 is 0. The highest BCUT2D eigenvalue weighted by Gasteiger charge is 2.24. The zero-order valence-electron chi connectivity index (χ0n) is 13.6. The summed E-state index contributed by atoms with van der Waals surface area (Å²) in [4.78, 5) is 45.6. The number of nitrogens with one attached hydrogen (secondary N) is 2. The van der Waals surface area contributed by atoms with Crippen LogP contribution in [-0.4, -0.2) is 47.4 Å². The molecule has 7 N–H and O–H groups in total. The van der Waals surface area contributed by atoms with Gasteiger partial charge in [-0.1, -0.05) is 30.3 Å². The second-order valence-electron chi connectivity index (χ2n) is 5.47. The van der Waals surface area contributed by atoms with Crippen molar-refractivity contribution in [1.29, 1.82) is 0 Å². The van der Waals surface area contributed by atoms with E-state index >= 15 is 0 Å². The number of aliphatic carboxylic acids is 1. The van der Waals surface area contributed by atoms with Crippen molar-refractivity contribution in [3.05, 3.63) is 35.9 Å². The number of carbonyl (C=O) groups is 4. The summed E-state index contributed by atoms with van der Waals surface area (Å²) in [5.41, 5.74) is 11.6. The van der Waals surface area contributed by atoms with Crippen molar-refractivity contribution in [2.75, 3.05) is 6.54 Å². The highest BCUT2D eigenvalue weighted by atomic mass is 16.4. The number of rotatable bonds is 10. The summed E-state index contributed by atoms with van der Waals surface area (Å²) in [6.07, 6.45) is -0.201. The molecule has 3 amide bonds. The van der Waals surface area contributed by atoms with Crippen molar-refractivity contribution in [3.8, 4) is 0 Å². The third-order valence-corrected chi connectivity index (χ3v) is 3.35. The van der Waals surface area contributed by atoms with Gasteiger partial charge < -0.3 is 27.2 Å². The molecule has 0 aliphatic rings. The topological polar surface area (TPSA) is 165 Å². The van der Waals surface area contributed by atoms with Gasteiger partial charge in [0.1, 0.15) is 6.04 Å². The average Bonchev–Trinajstić information content (AvgIpc) is 2.56. The molecule has 2 atom stereocenters. The quantitative estimate of drug-likeness (QED) is 0.345. The molecule has 136 valence electrons. The molecule has 0 spiro atoms. The van der Waals surface area contributed by atoms with E-state index in [0.29, 0.717) is 0 Å². The highest BCUT2D eigenvalue weighted by Crippen LogP contribution is 2.04. The molecule has 0 bridgehead atoms. The van der Waals surface area contributed by atoms with Crippen molar-refractivity contribution >= 4 is 23.7 Å². The van der Waals surface area contributed by atoms with E-state index in [1.165, 1.54) is 0 Å². The lowest BCUT2D eigenvalue weighted by molar-refractivity contribution is -0.138. The van der Waals surface area contributed by atoms with Gasteiger partial charge in [0.15, 0.2) is 0 Å². The Bertz CT molecular complexity index is 620. The predicted octanol–water partition coefficient (Wildman–Crippen LogP) is -1.49. The molecule has 0 unspecified atom stereocenters. The summed E-state index contributed by atoms with van der Waals surface area (Å²) in [7, 11) is 0. The smallest absolute Gasteiger partial charge is 0.303 e. The highest BCUT2D eigenvalue weighted by molar-refractivity contribution is 5.91. The minimum Gasteiger partial charge on any atom is -0.481 e. The molecule has 0 radical (unpaired) electrons. The zero-order valence-corrected chi connectivity index (χ0v) is 13.6. The molecular formula is C16H22N4O5. The summed E-state index contributed by atoms with van der Waals surface area (Å²) in [5, 5.41) is 13.4. The van der Waals surface area contributed by atoms with E-state index in [-0.39, 0.29) is 19.3 Å². The predicted molar refractivity (Wildman–Crippen MR) is 89.1 cm³/mol. The van der Waals surface area contributed by atoms with E-state index < -0.39 is 42.3 Å². The SMILES string of the molecule is NC(=O)CNC(=O)[C@@H](CCC(=O)O)NC(=O)[C@H](N)Cc1ccccc1. The number of primary amides is 1. The summed E-state index contributed by atoms with van der Waals surface area (Å²) >= 11 is 0. The van der Waals surface area contributed by atoms with Crippen molar-refractivity contribution in [2.45, 2.75) is 31.3 Å². The fourth-order valence-electron chi connectivity index (χ4n) is 2.07. The van der Waals surface area contributed by atoms with Crippen molar-refractivity contribution in [1.82, 2.24) is 10.6 Å². The maximum atomic E-state index is 12.2. The van der Waals surface area contributed by atoms with Gasteiger partial charge in [0.25, 0.3) is 0 Å². The van der Waals surface area contributed by atoms with Crippen LogP contribution in [0.5, 0.6) is 0 Å². The van der Waals surface area contributed by atoms with Gasteiger partial charge in [-0.3, -0.25) is 19.2 Å². The molecule has 0 saturated carbocycles. The number of hydrogen-bond acceptors (Lipinski definition) is 5. The number of carboxylic acid groups (broad SMARTS) is 1. The number of nitrogens with two attached hydrogens (primary N) is 2. The van der Waals surface area contributed by atoms with Crippen molar-refractivity contribution < 1.29 is 24.3 Å². The van der Waals surface area contributed by atoms with Gasteiger partial charge in [-0.05, 0) is 18.4 Å². The first-order valence-corrected chi connectivity index (χ1v) is 7.67. The summed E-state index contributed by atoms with van der Waals surface area (Å²) in [6.45, 7) is -0.408. The lowest BCUT2D eigenvalue weighted by Gasteiger charge is -2.20. The van der Waals surface area contributed by atoms with E-state index in [0.717, 1.165) is 5.56 Å². The molecular weight excluding hydrogens is 328 g/mol. The molecule has 25 heavy (non-hydrogen) atoms. The molecule has 0 saturated heterocycles. The van der Waals surface area contributed by atoms with E-state index in [4.69, 9.17) is 16.6 Å². The van der Waals surface area contributed by atoms with Crippen LogP contribution in [0, 0.1) is 0 Å². The fraction of sp³-hybridized carbons (Fsp3) is 0.375. The first-order chi connectivity index (χ1) is 11.8. The third kappa shape index (κ3) is 7.93. The minimum atomic E-state index is -1.12. The van der Waals surface area contributed by atoms with Gasteiger partial charge in [0, 0.05) is 6.42 Å². The molecule has 0 aliphatic carbocycles. The Labute approximate surface area is 144 Å². The van der Waals surface area contributed by atoms with Crippen LogP contribution in [0.2, 0.25) is 0 Å². The Morgan fingerprint density at radius 1 is 1.08 bits per heavy atom. The van der Waals surface area contributed by atoms with Crippen molar-refractivity contribution in [3.63, 3.8) is 0 Å². The molecule has 0 heterocycles. The average molecular weight is 350 g/mol. The Morgan fingerprint density at radius 3 is 2.28 bits per heavy atom. The Hall–Kier alpha value is -2.94. The maximum Gasteiger partial charge on any atom is 0.303 e. The summed E-state index contributed by atoms with van der Waals surface area (Å²) in [5.74, 6) is -3.15. The third-order valence-electron chi connectivity index (χ3n) is 3.35. The van der Waals surface area contributed by atoms with Gasteiger partial charge in [0.2, 0.25) is 17.7 Å². The number of amides is 3. The van der Waals surface area contributed by atoms with Crippen LogP contribution < -0.4 is 22.1 Å². The fourth-order valence-corrected chi connectivity index (χ4v) is 2.07. The van der Waals surface area contributed by atoms with Crippen LogP contribution in [0.3, 0.4) is 0 Å². The number of benzene rings is 1. The number of hydrogen-bond donors (Lipinski definition) is 5. The van der Waals surface area contributed by atoms with E-state index in [9.17, 15) is 19.2 Å². The van der Waals surface area contributed by atoms with Crippen LogP contribution in [0.25, 0.3) is 0 Å². The maximum absolute atomic E-state index is 12.2. The lowest BCUT2D eigenvalue weighted by Crippen LogP contribution is -2.53. The number of carbonyl (C=O) groups excluding carboxylic acids is 3. The number of carboxylic acids is 1. The van der Waals surface area contributed by atoms with Gasteiger partial charge in [-0.15, -0.1) is 0 Å². The minimum absolute atomic E-state index is 0.135. The molecule has 1 aromatic carbocycles. The van der Waals surface area contributed by atoms with E-state index in [1.807, 2.05) is 30.3 Å². The van der Waals surface area contributed by atoms with Crippen molar-refractivity contribution in [2.24, 2.45) is 11.5 Å². The first-order valence-electron chi connectivity index (χ1n) is 7.67. The molecule has 1 aromatic rings. The van der Waals surface area contributed by atoms with Crippen LogP contribution in [0.4, 0.5) is 0 Å². The van der Waals surface area contributed by atoms with Crippen LogP contribution >= 0.6 is 0 Å². The van der Waals surface area contributed by atoms with Gasteiger partial charge in [-0.2, -0.15) is 0 Å². The van der Waals surface area contributed by atoms with Crippen LogP contribution in [0.15, 0.2) is 30.3 Å². The Balaban J connectivity index is 2.67. The normalized spacial score (nSPS) is 12.7. The molecule has 0 aromatic heterocycles. The zero-order chi connectivity index (χ0) is 18.8. The first kappa shape index (κ1) is 20.1. The second-order valence-corrected chi connectivity index (χ2v) is 5.47. The molecule has 1 rings (SSSR count). The lowest BCUT2D eigenvalue weighted by atomic mass is 10.0. The van der Waals surface area contributed by atoms with E-state index in [2.05, 4.69) is 10.6 Å². The molecule has 9 nitrogen and oxygen atoms in total. The second kappa shape index (κ2) is 10.0. The molecule has 9 heteroatoms. The van der Waals surface area contributed by atoms with Crippen LogP contribution in [0.1, 0.15) is 18.4 Å². The van der Waals surface area contributed by atoms with Gasteiger partial charge in [-0.25, -0.2) is 0 Å². The molecule has 0 fully saturated rings. The Morgan fingerprint density at radius 2 is 1.72 bits per heavy atom. The molecule has 0 aliphatic heterocycles. The standard InChI is InChI=1S/C16H22N4O5/c17-11(8-10-4-2-1-3-5-10)15(24)20-12(6-7-14(22)23)16(25)19-9-13(18)21/h1-5,11-12H,6-9,17H2,(H2,18,21)(H,19,25)(H,20,24)(H,22,23)/t11-,12-/m1/s1. The van der Waals surface area contributed by atoms with Crippen LogP contribution in [-0.2, 0) is 25.6 Å². The van der Waals surface area contributed by atoms with Gasteiger partial charge >= 0.3 is 5.97 Å². The van der Waals surface area contributed by atoms with Gasteiger partial charge in [0.05, 0.1) is 12.6 Å². The van der Waals surface area contributed by atoms with E-state index in [1.54, 1.807) is 0 Å². The monoisotopic (exact) mass is 350 g/mol.